The number of para-hydroxylation sites is 1. The number of benzene rings is 2. The van der Waals surface area contributed by atoms with Crippen molar-refractivity contribution in [2.45, 2.75) is 31.8 Å². The predicted octanol–water partition coefficient (Wildman–Crippen LogP) is 3.13. The lowest BCUT2D eigenvalue weighted by molar-refractivity contribution is -0.131. The van der Waals surface area contributed by atoms with Gasteiger partial charge in [0, 0.05) is 18.2 Å². The lowest BCUT2D eigenvalue weighted by Gasteiger charge is -2.24. The van der Waals surface area contributed by atoms with E-state index in [9.17, 15) is 14.7 Å². The largest absolute Gasteiger partial charge is 0.496 e. The molecule has 0 aliphatic heterocycles. The van der Waals surface area contributed by atoms with E-state index in [0.29, 0.717) is 12.1 Å². The Labute approximate surface area is 146 Å². The molecule has 1 saturated carbocycles. The van der Waals surface area contributed by atoms with Crippen molar-refractivity contribution in [2.75, 3.05) is 7.11 Å². The normalized spacial score (nSPS) is 13.3. The van der Waals surface area contributed by atoms with Crippen LogP contribution in [0.3, 0.4) is 0 Å². The Bertz CT molecular complexity index is 783. The van der Waals surface area contributed by atoms with Gasteiger partial charge in [0.2, 0.25) is 5.91 Å². The fourth-order valence-electron chi connectivity index (χ4n) is 2.97. The number of hydrogen-bond acceptors (Lipinski definition) is 3. The second kappa shape index (κ2) is 7.38. The van der Waals surface area contributed by atoms with Gasteiger partial charge < -0.3 is 14.7 Å². The molecule has 5 heteroatoms. The molecule has 2 aromatic carbocycles. The summed E-state index contributed by atoms with van der Waals surface area (Å²) in [5, 5.41) is 9.30. The minimum absolute atomic E-state index is 0.0536. The minimum Gasteiger partial charge on any atom is -0.496 e. The van der Waals surface area contributed by atoms with E-state index in [-0.39, 0.29) is 23.9 Å². The Balaban J connectivity index is 1.80. The Hall–Kier alpha value is -2.82. The summed E-state index contributed by atoms with van der Waals surface area (Å²) in [5.41, 5.74) is 1.69. The number of rotatable bonds is 7. The second-order valence-corrected chi connectivity index (χ2v) is 6.20. The first-order valence-electron chi connectivity index (χ1n) is 8.32. The number of hydrogen-bond donors (Lipinski definition) is 1. The van der Waals surface area contributed by atoms with Crippen LogP contribution in [0.25, 0.3) is 0 Å². The number of carboxylic acids is 1. The van der Waals surface area contributed by atoms with Gasteiger partial charge in [0.05, 0.1) is 19.1 Å². The molecular formula is C20H21NO4. The third-order valence-corrected chi connectivity index (χ3v) is 4.43. The van der Waals surface area contributed by atoms with Crippen LogP contribution in [0.15, 0.2) is 48.5 Å². The molecule has 25 heavy (non-hydrogen) atoms. The molecule has 2 aromatic rings. The van der Waals surface area contributed by atoms with Gasteiger partial charge in [-0.2, -0.15) is 0 Å². The Morgan fingerprint density at radius 2 is 1.72 bits per heavy atom. The fourth-order valence-corrected chi connectivity index (χ4v) is 2.97. The van der Waals surface area contributed by atoms with Crippen molar-refractivity contribution in [1.82, 2.24) is 4.90 Å². The van der Waals surface area contributed by atoms with Crippen LogP contribution in [-0.4, -0.2) is 35.0 Å². The summed E-state index contributed by atoms with van der Waals surface area (Å²) in [6.07, 6.45) is 2.07. The van der Waals surface area contributed by atoms with Crippen molar-refractivity contribution in [2.24, 2.45) is 0 Å². The number of ether oxygens (including phenoxy) is 1. The molecule has 0 bridgehead atoms. The first kappa shape index (κ1) is 17.0. The van der Waals surface area contributed by atoms with E-state index < -0.39 is 5.97 Å². The van der Waals surface area contributed by atoms with Gasteiger partial charge in [-0.25, -0.2) is 4.79 Å². The van der Waals surface area contributed by atoms with E-state index in [1.54, 1.807) is 25.3 Å². The van der Waals surface area contributed by atoms with Crippen molar-refractivity contribution in [3.63, 3.8) is 0 Å². The molecule has 0 spiro atoms. The van der Waals surface area contributed by atoms with Gasteiger partial charge in [0.25, 0.3) is 0 Å². The number of methoxy groups -OCH3 is 1. The highest BCUT2D eigenvalue weighted by atomic mass is 16.5. The van der Waals surface area contributed by atoms with Gasteiger partial charge in [0.1, 0.15) is 5.75 Å². The molecular weight excluding hydrogens is 318 g/mol. The van der Waals surface area contributed by atoms with Crippen LogP contribution in [0.4, 0.5) is 0 Å². The summed E-state index contributed by atoms with van der Waals surface area (Å²) in [6.45, 7) is 0.475. The zero-order valence-electron chi connectivity index (χ0n) is 14.1. The maximum absolute atomic E-state index is 12.9. The minimum atomic E-state index is -1.01. The maximum Gasteiger partial charge on any atom is 0.335 e. The van der Waals surface area contributed by atoms with E-state index in [4.69, 9.17) is 4.74 Å². The lowest BCUT2D eigenvalue weighted by atomic mass is 10.0. The van der Waals surface area contributed by atoms with Crippen LogP contribution in [0.5, 0.6) is 5.75 Å². The molecule has 0 unspecified atom stereocenters. The molecule has 0 saturated heterocycles. The number of nitrogens with zero attached hydrogens (tertiary/aromatic N) is 1. The Morgan fingerprint density at radius 1 is 1.08 bits per heavy atom. The average molecular weight is 339 g/mol. The monoisotopic (exact) mass is 339 g/mol. The molecule has 130 valence electrons. The lowest BCUT2D eigenvalue weighted by Crippen LogP contribution is -2.34. The molecule has 0 aromatic heterocycles. The Kier molecular flexibility index (Phi) is 5.03. The maximum atomic E-state index is 12.9. The van der Waals surface area contributed by atoms with E-state index in [2.05, 4.69) is 0 Å². The number of carboxylic acid groups (broad SMARTS) is 1. The molecule has 1 aliphatic rings. The quantitative estimate of drug-likeness (QED) is 0.841. The third kappa shape index (κ3) is 3.99. The van der Waals surface area contributed by atoms with Crippen LogP contribution in [0, 0.1) is 0 Å². The molecule has 5 nitrogen and oxygen atoms in total. The zero-order chi connectivity index (χ0) is 17.8. The van der Waals surface area contributed by atoms with Crippen molar-refractivity contribution >= 4 is 11.9 Å². The van der Waals surface area contributed by atoms with Crippen LogP contribution in [0.1, 0.15) is 34.3 Å². The molecule has 1 amide bonds. The molecule has 1 aliphatic carbocycles. The smallest absolute Gasteiger partial charge is 0.335 e. The van der Waals surface area contributed by atoms with Gasteiger partial charge in [-0.05, 0) is 30.5 Å². The van der Waals surface area contributed by atoms with E-state index in [0.717, 1.165) is 24.2 Å². The van der Waals surface area contributed by atoms with Crippen LogP contribution in [0.2, 0.25) is 0 Å². The first-order chi connectivity index (χ1) is 12.1. The van der Waals surface area contributed by atoms with Gasteiger partial charge in [0.15, 0.2) is 0 Å². The van der Waals surface area contributed by atoms with Crippen LogP contribution >= 0.6 is 0 Å². The first-order valence-corrected chi connectivity index (χ1v) is 8.32. The second-order valence-electron chi connectivity index (χ2n) is 6.20. The average Bonchev–Trinajstić information content (AvgIpc) is 3.45. The standard InChI is InChI=1S/C20H21NO4/c1-25-18-9-5-3-7-15(18)13-21(16-10-11-16)19(22)12-14-6-2-4-8-17(14)20(23)24/h2-9,16H,10-13H2,1H3,(H,23,24). The summed E-state index contributed by atoms with van der Waals surface area (Å²) in [7, 11) is 1.62. The van der Waals surface area contributed by atoms with E-state index >= 15 is 0 Å². The number of amides is 1. The van der Waals surface area contributed by atoms with E-state index in [1.165, 1.54) is 6.07 Å². The van der Waals surface area contributed by atoms with Crippen molar-refractivity contribution in [3.8, 4) is 5.75 Å². The number of carbonyl (C=O) groups is 2. The SMILES string of the molecule is COc1ccccc1CN(C(=O)Cc1ccccc1C(=O)O)C1CC1. The Morgan fingerprint density at radius 3 is 2.36 bits per heavy atom. The van der Waals surface area contributed by atoms with Crippen LogP contribution < -0.4 is 4.74 Å². The highest BCUT2D eigenvalue weighted by Gasteiger charge is 2.33. The fraction of sp³-hybridized carbons (Fsp3) is 0.300. The molecule has 0 atom stereocenters. The number of carbonyl (C=O) groups excluding carboxylic acids is 1. The van der Waals surface area contributed by atoms with E-state index in [1.807, 2.05) is 29.2 Å². The summed E-state index contributed by atoms with van der Waals surface area (Å²) < 4.78 is 5.38. The molecule has 1 fully saturated rings. The summed E-state index contributed by atoms with van der Waals surface area (Å²) in [4.78, 5) is 26.1. The molecule has 3 rings (SSSR count). The summed E-state index contributed by atoms with van der Waals surface area (Å²) in [6, 6.07) is 14.6. The zero-order valence-corrected chi connectivity index (χ0v) is 14.1. The highest BCUT2D eigenvalue weighted by molar-refractivity contribution is 5.91. The van der Waals surface area contributed by atoms with Crippen molar-refractivity contribution in [1.29, 1.82) is 0 Å². The third-order valence-electron chi connectivity index (χ3n) is 4.43. The van der Waals surface area contributed by atoms with Gasteiger partial charge in [-0.3, -0.25) is 4.79 Å². The van der Waals surface area contributed by atoms with Crippen LogP contribution in [-0.2, 0) is 17.8 Å². The van der Waals surface area contributed by atoms with Gasteiger partial charge >= 0.3 is 5.97 Å². The highest BCUT2D eigenvalue weighted by Crippen LogP contribution is 2.31. The number of aromatic carboxylic acids is 1. The van der Waals surface area contributed by atoms with Crippen molar-refractivity contribution < 1.29 is 19.4 Å². The van der Waals surface area contributed by atoms with Crippen molar-refractivity contribution in [3.05, 3.63) is 65.2 Å². The topological polar surface area (TPSA) is 66.8 Å². The summed E-state index contributed by atoms with van der Waals surface area (Å²) >= 11 is 0. The molecule has 0 heterocycles. The van der Waals surface area contributed by atoms with Gasteiger partial charge in [-0.15, -0.1) is 0 Å². The summed E-state index contributed by atoms with van der Waals surface area (Å²) in [5.74, 6) is -0.305. The molecule has 0 radical (unpaired) electrons. The predicted molar refractivity (Wildman–Crippen MR) is 93.7 cm³/mol. The van der Waals surface area contributed by atoms with Gasteiger partial charge in [-0.1, -0.05) is 36.4 Å². The molecule has 1 N–H and O–H groups in total.